The standard InChI is InChI=1S/C20H26N4O3/c1-19(2,3)18-22-9-11-13(7-20(4,5)8-14(11)24-18)23-17(27)12-10-21-16(26)6-15(12)25/h6,9-10,13H,7-8H2,1-5H3,(H,23,27)(H2,21,25,26)/t13-/m0/s1. The predicted molar refractivity (Wildman–Crippen MR) is 102 cm³/mol. The molecular formula is C20H26N4O3. The Morgan fingerprint density at radius 3 is 2.70 bits per heavy atom. The van der Waals surface area contributed by atoms with Crippen molar-refractivity contribution in [3.8, 4) is 5.75 Å². The summed E-state index contributed by atoms with van der Waals surface area (Å²) in [5.74, 6) is -0.00882. The van der Waals surface area contributed by atoms with Gasteiger partial charge in [-0.3, -0.25) is 9.59 Å². The Balaban J connectivity index is 1.94. The number of amides is 1. The minimum Gasteiger partial charge on any atom is -0.507 e. The van der Waals surface area contributed by atoms with Crippen molar-refractivity contribution in [2.75, 3.05) is 0 Å². The van der Waals surface area contributed by atoms with E-state index in [1.807, 2.05) is 0 Å². The third kappa shape index (κ3) is 4.02. The number of pyridine rings is 1. The Labute approximate surface area is 158 Å². The number of nitrogens with zero attached hydrogens (tertiary/aromatic N) is 2. The van der Waals surface area contributed by atoms with Crippen molar-refractivity contribution in [2.24, 2.45) is 5.41 Å². The van der Waals surface area contributed by atoms with E-state index in [1.54, 1.807) is 6.20 Å². The molecule has 7 nitrogen and oxygen atoms in total. The van der Waals surface area contributed by atoms with Gasteiger partial charge in [-0.1, -0.05) is 34.6 Å². The Morgan fingerprint density at radius 1 is 1.37 bits per heavy atom. The molecule has 3 rings (SSSR count). The maximum Gasteiger partial charge on any atom is 0.257 e. The molecule has 7 heteroatoms. The summed E-state index contributed by atoms with van der Waals surface area (Å²) in [7, 11) is 0. The number of hydrogen-bond donors (Lipinski definition) is 3. The maximum absolute atomic E-state index is 12.7. The van der Waals surface area contributed by atoms with E-state index in [-0.39, 0.29) is 28.2 Å². The van der Waals surface area contributed by atoms with Crippen LogP contribution in [0.15, 0.2) is 23.3 Å². The molecule has 1 amide bonds. The second-order valence-corrected chi connectivity index (χ2v) is 9.01. The van der Waals surface area contributed by atoms with Crippen molar-refractivity contribution in [3.63, 3.8) is 0 Å². The van der Waals surface area contributed by atoms with Crippen molar-refractivity contribution in [2.45, 2.75) is 58.9 Å². The van der Waals surface area contributed by atoms with Crippen LogP contribution in [-0.2, 0) is 11.8 Å². The van der Waals surface area contributed by atoms with Crippen LogP contribution in [0, 0.1) is 5.41 Å². The van der Waals surface area contributed by atoms with E-state index in [1.165, 1.54) is 6.20 Å². The van der Waals surface area contributed by atoms with E-state index in [0.29, 0.717) is 0 Å². The van der Waals surface area contributed by atoms with Crippen LogP contribution in [0.2, 0.25) is 0 Å². The number of H-pyrrole nitrogens is 1. The van der Waals surface area contributed by atoms with Gasteiger partial charge in [0.1, 0.15) is 11.6 Å². The fraction of sp³-hybridized carbons (Fsp3) is 0.500. The summed E-state index contributed by atoms with van der Waals surface area (Å²) in [6.07, 6.45) is 4.56. The fourth-order valence-electron chi connectivity index (χ4n) is 3.42. The molecule has 0 saturated heterocycles. The summed E-state index contributed by atoms with van der Waals surface area (Å²) in [5, 5.41) is 12.9. The molecule has 0 aromatic carbocycles. The Bertz CT molecular complexity index is 941. The second kappa shape index (κ2) is 6.48. The molecule has 0 fully saturated rings. The number of nitrogens with one attached hydrogen (secondary N) is 2. The van der Waals surface area contributed by atoms with Crippen LogP contribution >= 0.6 is 0 Å². The minimum absolute atomic E-state index is 0.0340. The smallest absolute Gasteiger partial charge is 0.257 e. The number of fused-ring (bicyclic) bond motifs is 1. The maximum atomic E-state index is 12.7. The minimum atomic E-state index is -0.462. The zero-order valence-electron chi connectivity index (χ0n) is 16.4. The summed E-state index contributed by atoms with van der Waals surface area (Å²) in [6, 6.07) is 0.725. The molecule has 3 N–H and O–H groups in total. The number of carbonyl (C=O) groups is 1. The number of rotatable bonds is 2. The molecule has 1 aliphatic rings. The predicted octanol–water partition coefficient (Wildman–Crippen LogP) is 2.61. The zero-order chi connectivity index (χ0) is 20.0. The molecule has 0 unspecified atom stereocenters. The number of aromatic nitrogens is 3. The van der Waals surface area contributed by atoms with Crippen LogP contribution in [0.5, 0.6) is 5.75 Å². The third-order valence-electron chi connectivity index (χ3n) is 4.80. The zero-order valence-corrected chi connectivity index (χ0v) is 16.4. The lowest BCUT2D eigenvalue weighted by Crippen LogP contribution is -2.38. The number of carbonyl (C=O) groups excluding carboxylic acids is 1. The van der Waals surface area contributed by atoms with E-state index >= 15 is 0 Å². The van der Waals surface area contributed by atoms with Crippen molar-refractivity contribution in [3.05, 3.63) is 51.5 Å². The van der Waals surface area contributed by atoms with Gasteiger partial charge in [-0.05, 0) is 18.3 Å². The molecule has 0 bridgehead atoms. The molecule has 2 aromatic heterocycles. The molecule has 0 spiro atoms. The molecular weight excluding hydrogens is 344 g/mol. The summed E-state index contributed by atoms with van der Waals surface area (Å²) >= 11 is 0. The van der Waals surface area contributed by atoms with Gasteiger partial charge in [-0.25, -0.2) is 9.97 Å². The van der Waals surface area contributed by atoms with Gasteiger partial charge in [-0.15, -0.1) is 0 Å². The molecule has 144 valence electrons. The van der Waals surface area contributed by atoms with Crippen LogP contribution in [0.3, 0.4) is 0 Å². The van der Waals surface area contributed by atoms with Gasteiger partial charge in [0, 0.05) is 35.1 Å². The first-order valence-electron chi connectivity index (χ1n) is 9.05. The largest absolute Gasteiger partial charge is 0.507 e. The van der Waals surface area contributed by atoms with E-state index in [4.69, 9.17) is 4.98 Å². The summed E-state index contributed by atoms with van der Waals surface area (Å²) in [5.41, 5.74) is 1.23. The first kappa shape index (κ1) is 19.1. The topological polar surface area (TPSA) is 108 Å². The molecule has 2 aromatic rings. The molecule has 0 radical (unpaired) electrons. The molecule has 27 heavy (non-hydrogen) atoms. The van der Waals surface area contributed by atoms with Crippen molar-refractivity contribution < 1.29 is 9.90 Å². The highest BCUT2D eigenvalue weighted by Gasteiger charge is 2.35. The van der Waals surface area contributed by atoms with E-state index in [0.717, 1.165) is 36.0 Å². The average Bonchev–Trinajstić information content (AvgIpc) is 2.52. The van der Waals surface area contributed by atoms with Crippen molar-refractivity contribution in [1.29, 1.82) is 0 Å². The monoisotopic (exact) mass is 370 g/mol. The van der Waals surface area contributed by atoms with E-state index in [2.05, 4.69) is 49.9 Å². The molecule has 1 atom stereocenters. The lowest BCUT2D eigenvalue weighted by atomic mass is 9.74. The van der Waals surface area contributed by atoms with Gasteiger partial charge in [0.2, 0.25) is 0 Å². The number of aromatic hydroxyl groups is 1. The van der Waals surface area contributed by atoms with Gasteiger partial charge in [0.15, 0.2) is 0 Å². The number of aromatic amines is 1. The molecule has 1 aliphatic carbocycles. The Hall–Kier alpha value is -2.70. The van der Waals surface area contributed by atoms with Gasteiger partial charge in [0.05, 0.1) is 11.6 Å². The first-order chi connectivity index (χ1) is 12.5. The summed E-state index contributed by atoms with van der Waals surface area (Å²) in [4.78, 5) is 35.6. The van der Waals surface area contributed by atoms with Crippen LogP contribution in [0.25, 0.3) is 0 Å². The third-order valence-corrected chi connectivity index (χ3v) is 4.80. The van der Waals surface area contributed by atoms with E-state index < -0.39 is 11.5 Å². The lowest BCUT2D eigenvalue weighted by molar-refractivity contribution is 0.0915. The van der Waals surface area contributed by atoms with Crippen LogP contribution < -0.4 is 10.9 Å². The van der Waals surface area contributed by atoms with Gasteiger partial charge in [-0.2, -0.15) is 0 Å². The van der Waals surface area contributed by atoms with Crippen molar-refractivity contribution in [1.82, 2.24) is 20.3 Å². The highest BCUT2D eigenvalue weighted by Crippen LogP contribution is 2.40. The Kier molecular flexibility index (Phi) is 4.57. The van der Waals surface area contributed by atoms with Crippen molar-refractivity contribution >= 4 is 5.91 Å². The summed E-state index contributed by atoms with van der Waals surface area (Å²) in [6.45, 7) is 10.5. The van der Waals surface area contributed by atoms with Gasteiger partial charge in [0.25, 0.3) is 11.5 Å². The highest BCUT2D eigenvalue weighted by atomic mass is 16.3. The first-order valence-corrected chi connectivity index (χ1v) is 9.05. The fourth-order valence-corrected chi connectivity index (χ4v) is 3.42. The summed E-state index contributed by atoms with van der Waals surface area (Å²) < 4.78 is 0. The van der Waals surface area contributed by atoms with Crippen LogP contribution in [0.1, 0.15) is 74.5 Å². The van der Waals surface area contributed by atoms with Crippen LogP contribution in [0.4, 0.5) is 0 Å². The van der Waals surface area contributed by atoms with Gasteiger partial charge < -0.3 is 15.4 Å². The van der Waals surface area contributed by atoms with Crippen LogP contribution in [-0.4, -0.2) is 26.0 Å². The SMILES string of the molecule is CC1(C)Cc2nc(C(C)(C)C)ncc2[C@@H](NC(=O)c2c[nH]c(=O)cc2O)C1. The molecule has 2 heterocycles. The normalized spacial score (nSPS) is 18.6. The molecule has 0 saturated carbocycles. The lowest BCUT2D eigenvalue weighted by Gasteiger charge is -2.37. The van der Waals surface area contributed by atoms with E-state index in [9.17, 15) is 14.7 Å². The van der Waals surface area contributed by atoms with Gasteiger partial charge >= 0.3 is 0 Å². The Morgan fingerprint density at radius 2 is 2.07 bits per heavy atom. The average molecular weight is 370 g/mol. The quantitative estimate of drug-likeness (QED) is 0.753. The molecule has 0 aliphatic heterocycles. The highest BCUT2D eigenvalue weighted by molar-refractivity contribution is 5.96. The second-order valence-electron chi connectivity index (χ2n) is 9.01. The number of hydrogen-bond acceptors (Lipinski definition) is 5.